The first-order valence-electron chi connectivity index (χ1n) is 6.38. The Morgan fingerprint density at radius 3 is 2.75 bits per heavy atom. The number of nitrogens with zero attached hydrogens (tertiary/aromatic N) is 5. The molecule has 0 bridgehead atoms. The van der Waals surface area contributed by atoms with Crippen molar-refractivity contribution in [2.24, 2.45) is 5.41 Å². The number of anilines is 2. The molecule has 1 spiro atoms. The van der Waals surface area contributed by atoms with Crippen molar-refractivity contribution >= 4 is 29.5 Å². The fourth-order valence-corrected chi connectivity index (χ4v) is 3.07. The molecule has 0 aromatic carbocycles. The van der Waals surface area contributed by atoms with Gasteiger partial charge in [-0.1, -0.05) is 11.6 Å². The van der Waals surface area contributed by atoms with E-state index in [-0.39, 0.29) is 16.4 Å². The van der Waals surface area contributed by atoms with Gasteiger partial charge in [-0.25, -0.2) is 4.79 Å². The first-order chi connectivity index (χ1) is 9.49. The van der Waals surface area contributed by atoms with E-state index in [1.807, 2.05) is 4.90 Å². The van der Waals surface area contributed by atoms with E-state index < -0.39 is 6.09 Å². The van der Waals surface area contributed by atoms with Crippen LogP contribution in [0.1, 0.15) is 12.8 Å². The van der Waals surface area contributed by atoms with Crippen molar-refractivity contribution in [2.75, 3.05) is 36.8 Å². The minimum atomic E-state index is -0.860. The molecule has 2 aliphatic rings. The maximum atomic E-state index is 10.9. The van der Waals surface area contributed by atoms with Crippen LogP contribution < -0.4 is 10.6 Å². The van der Waals surface area contributed by atoms with Crippen molar-refractivity contribution < 1.29 is 9.90 Å². The average Bonchev–Trinajstić information content (AvgIpc) is 2.39. The van der Waals surface area contributed by atoms with E-state index >= 15 is 0 Å². The van der Waals surface area contributed by atoms with Crippen molar-refractivity contribution in [1.29, 1.82) is 0 Å². The second-order valence-electron chi connectivity index (χ2n) is 5.45. The summed E-state index contributed by atoms with van der Waals surface area (Å²) in [6.45, 7) is 2.67. The number of aromatic nitrogens is 3. The third-order valence-corrected chi connectivity index (χ3v) is 4.20. The molecule has 3 rings (SSSR count). The van der Waals surface area contributed by atoms with Gasteiger partial charge in [-0.3, -0.25) is 0 Å². The van der Waals surface area contributed by atoms with E-state index in [1.165, 1.54) is 4.90 Å². The van der Waals surface area contributed by atoms with Gasteiger partial charge in [-0.05, 0) is 12.8 Å². The van der Waals surface area contributed by atoms with Crippen LogP contribution >= 0.6 is 11.6 Å². The predicted octanol–water partition coefficient (Wildman–Crippen LogP) is 0.687. The number of nitrogens with two attached hydrogens (primary N) is 1. The van der Waals surface area contributed by atoms with E-state index in [4.69, 9.17) is 22.4 Å². The lowest BCUT2D eigenvalue weighted by atomic mass is 9.73. The number of amides is 1. The van der Waals surface area contributed by atoms with Crippen molar-refractivity contribution in [3.63, 3.8) is 0 Å². The third-order valence-electron chi connectivity index (χ3n) is 3.93. The SMILES string of the molecule is Nc1nc(N2CCCC3(CN(C(=O)O)C3)C2)nnc1Cl. The summed E-state index contributed by atoms with van der Waals surface area (Å²) in [5.74, 6) is 0.622. The summed E-state index contributed by atoms with van der Waals surface area (Å²) in [5.41, 5.74) is 5.65. The normalized spacial score (nSPS) is 20.9. The number of hydrogen-bond acceptors (Lipinski definition) is 6. The Morgan fingerprint density at radius 2 is 2.10 bits per heavy atom. The molecule has 1 aromatic heterocycles. The van der Waals surface area contributed by atoms with Crippen molar-refractivity contribution in [1.82, 2.24) is 20.1 Å². The third kappa shape index (κ3) is 2.20. The zero-order valence-corrected chi connectivity index (χ0v) is 11.5. The molecular weight excluding hydrogens is 284 g/mol. The number of rotatable bonds is 1. The topological polar surface area (TPSA) is 108 Å². The van der Waals surface area contributed by atoms with E-state index in [9.17, 15) is 4.79 Å². The van der Waals surface area contributed by atoms with Crippen molar-refractivity contribution in [3.8, 4) is 0 Å². The Balaban J connectivity index is 1.73. The van der Waals surface area contributed by atoms with Crippen LogP contribution in [0.4, 0.5) is 16.6 Å². The fourth-order valence-electron chi connectivity index (χ4n) is 2.99. The van der Waals surface area contributed by atoms with Gasteiger partial charge in [0.2, 0.25) is 5.95 Å². The minimum absolute atomic E-state index is 0.00833. The van der Waals surface area contributed by atoms with Crippen LogP contribution in [-0.4, -0.2) is 57.5 Å². The van der Waals surface area contributed by atoms with Gasteiger partial charge in [-0.15, -0.1) is 10.2 Å². The smallest absolute Gasteiger partial charge is 0.407 e. The number of hydrogen-bond donors (Lipinski definition) is 2. The molecule has 2 fully saturated rings. The molecule has 3 heterocycles. The van der Waals surface area contributed by atoms with Crippen LogP contribution in [0.25, 0.3) is 0 Å². The van der Waals surface area contributed by atoms with Crippen LogP contribution in [-0.2, 0) is 0 Å². The van der Waals surface area contributed by atoms with Crippen LogP contribution in [0.2, 0.25) is 5.15 Å². The number of carbonyl (C=O) groups is 1. The fraction of sp³-hybridized carbons (Fsp3) is 0.636. The quantitative estimate of drug-likeness (QED) is 0.785. The summed E-state index contributed by atoms with van der Waals surface area (Å²) in [5, 5.41) is 16.8. The molecule has 9 heteroatoms. The Labute approximate surface area is 120 Å². The van der Waals surface area contributed by atoms with Gasteiger partial charge in [0.25, 0.3) is 0 Å². The maximum absolute atomic E-state index is 10.9. The molecule has 20 heavy (non-hydrogen) atoms. The lowest BCUT2D eigenvalue weighted by Crippen LogP contribution is -2.64. The molecule has 2 saturated heterocycles. The molecule has 8 nitrogen and oxygen atoms in total. The van der Waals surface area contributed by atoms with Gasteiger partial charge in [0.05, 0.1) is 0 Å². The summed E-state index contributed by atoms with van der Waals surface area (Å²) in [6, 6.07) is 0. The van der Waals surface area contributed by atoms with Gasteiger partial charge in [0.15, 0.2) is 11.0 Å². The Hall–Kier alpha value is -1.83. The number of likely N-dealkylation sites (tertiary alicyclic amines) is 1. The zero-order chi connectivity index (χ0) is 14.3. The molecular formula is C11H15ClN6O2. The molecule has 0 atom stereocenters. The van der Waals surface area contributed by atoms with Gasteiger partial charge in [0, 0.05) is 31.6 Å². The highest BCUT2D eigenvalue weighted by Crippen LogP contribution is 2.39. The monoisotopic (exact) mass is 298 g/mol. The Morgan fingerprint density at radius 1 is 1.35 bits per heavy atom. The highest BCUT2D eigenvalue weighted by Gasteiger charge is 2.48. The molecule has 1 aromatic rings. The molecule has 0 saturated carbocycles. The van der Waals surface area contributed by atoms with Crippen LogP contribution in [0, 0.1) is 5.41 Å². The highest BCUT2D eigenvalue weighted by atomic mass is 35.5. The lowest BCUT2D eigenvalue weighted by molar-refractivity contribution is 0.000615. The number of halogens is 1. The van der Waals surface area contributed by atoms with Gasteiger partial charge >= 0.3 is 6.09 Å². The minimum Gasteiger partial charge on any atom is -0.465 e. The molecule has 0 radical (unpaired) electrons. The van der Waals surface area contributed by atoms with E-state index in [0.717, 1.165) is 25.9 Å². The first kappa shape index (κ1) is 13.2. The Bertz CT molecular complexity index is 548. The number of nitrogen functional groups attached to an aromatic ring is 1. The van der Waals surface area contributed by atoms with E-state index in [1.54, 1.807) is 0 Å². The van der Waals surface area contributed by atoms with Crippen LogP contribution in [0.5, 0.6) is 0 Å². The standard InChI is InChI=1S/C11H15ClN6O2/c12-7-8(13)14-9(16-15-7)17-3-1-2-11(4-17)5-18(6-11)10(19)20/h1-6H2,(H,19,20)(H2,13,14,16). The van der Waals surface area contributed by atoms with Crippen molar-refractivity contribution in [3.05, 3.63) is 5.15 Å². The molecule has 2 aliphatic heterocycles. The second-order valence-corrected chi connectivity index (χ2v) is 5.81. The van der Waals surface area contributed by atoms with Gasteiger partial charge in [0.1, 0.15) is 0 Å². The second kappa shape index (κ2) is 4.62. The lowest BCUT2D eigenvalue weighted by Gasteiger charge is -2.53. The summed E-state index contributed by atoms with van der Waals surface area (Å²) in [4.78, 5) is 18.5. The van der Waals surface area contributed by atoms with E-state index in [2.05, 4.69) is 15.2 Å². The number of piperidine rings is 1. The summed E-state index contributed by atoms with van der Waals surface area (Å²) < 4.78 is 0. The molecule has 3 N–H and O–H groups in total. The maximum Gasteiger partial charge on any atom is 0.407 e. The van der Waals surface area contributed by atoms with Gasteiger partial charge in [-0.2, -0.15) is 4.98 Å². The summed E-state index contributed by atoms with van der Waals surface area (Å²) >= 11 is 5.72. The molecule has 108 valence electrons. The van der Waals surface area contributed by atoms with Crippen molar-refractivity contribution in [2.45, 2.75) is 12.8 Å². The van der Waals surface area contributed by atoms with Crippen LogP contribution in [0.15, 0.2) is 0 Å². The van der Waals surface area contributed by atoms with Crippen LogP contribution in [0.3, 0.4) is 0 Å². The average molecular weight is 299 g/mol. The summed E-state index contributed by atoms with van der Waals surface area (Å²) in [7, 11) is 0. The molecule has 1 amide bonds. The van der Waals surface area contributed by atoms with E-state index in [0.29, 0.717) is 19.0 Å². The predicted molar refractivity (Wildman–Crippen MR) is 72.7 cm³/mol. The molecule has 0 unspecified atom stereocenters. The highest BCUT2D eigenvalue weighted by molar-refractivity contribution is 6.31. The Kier molecular flexibility index (Phi) is 3.04. The summed E-state index contributed by atoms with van der Waals surface area (Å²) in [6.07, 6.45) is 1.13. The van der Waals surface area contributed by atoms with Gasteiger partial charge < -0.3 is 20.6 Å². The number of carboxylic acid groups (broad SMARTS) is 1. The molecule has 0 aliphatic carbocycles. The zero-order valence-electron chi connectivity index (χ0n) is 10.8. The first-order valence-corrected chi connectivity index (χ1v) is 6.75. The largest absolute Gasteiger partial charge is 0.465 e.